The lowest BCUT2D eigenvalue weighted by molar-refractivity contribution is 0.0615. The minimum atomic E-state index is -0.359. The summed E-state index contributed by atoms with van der Waals surface area (Å²) >= 11 is 0. The highest BCUT2D eigenvalue weighted by Crippen LogP contribution is 2.42. The average Bonchev–Trinajstić information content (AvgIpc) is 3.37. The zero-order valence-corrected chi connectivity index (χ0v) is 16.9. The van der Waals surface area contributed by atoms with E-state index in [-0.39, 0.29) is 30.0 Å². The highest BCUT2D eigenvalue weighted by molar-refractivity contribution is 5.94. The van der Waals surface area contributed by atoms with Gasteiger partial charge in [0.25, 0.3) is 5.91 Å². The zero-order chi connectivity index (χ0) is 20.5. The van der Waals surface area contributed by atoms with E-state index in [1.54, 1.807) is 0 Å². The summed E-state index contributed by atoms with van der Waals surface area (Å²) in [5.74, 6) is 0.268. The molecule has 1 aliphatic heterocycles. The molecule has 3 aromatic rings. The molecule has 0 saturated heterocycles. The quantitative estimate of drug-likeness (QED) is 0.674. The monoisotopic (exact) mass is 401 g/mol. The largest absolute Gasteiger partial charge is 0.393 e. The highest BCUT2D eigenvalue weighted by Gasteiger charge is 2.33. The van der Waals surface area contributed by atoms with E-state index in [4.69, 9.17) is 0 Å². The Labute approximate surface area is 176 Å². The second kappa shape index (κ2) is 8.07. The van der Waals surface area contributed by atoms with Gasteiger partial charge in [-0.15, -0.1) is 0 Å². The third kappa shape index (κ3) is 3.54. The van der Waals surface area contributed by atoms with Gasteiger partial charge < -0.3 is 15.0 Å². The van der Waals surface area contributed by atoms with Crippen LogP contribution in [-0.2, 0) is 0 Å². The maximum absolute atomic E-state index is 12.4. The molecule has 2 aliphatic rings. The summed E-state index contributed by atoms with van der Waals surface area (Å²) in [7, 11) is 0. The molecule has 2 aromatic carbocycles. The van der Waals surface area contributed by atoms with Gasteiger partial charge in [-0.05, 0) is 55.7 Å². The number of hydrogen-bond donors (Lipinski definition) is 2. The first kappa shape index (κ1) is 19.1. The molecule has 2 N–H and O–H groups in total. The fourth-order valence-electron chi connectivity index (χ4n) is 5.10. The maximum atomic E-state index is 12.4. The fourth-order valence-corrected chi connectivity index (χ4v) is 5.10. The summed E-state index contributed by atoms with van der Waals surface area (Å²) < 4.78 is 2.19. The molecule has 1 saturated carbocycles. The average molecular weight is 402 g/mol. The number of carbonyl (C=O) groups is 1. The molecule has 2 unspecified atom stereocenters. The number of aliphatic hydroxyl groups excluding tert-OH is 1. The van der Waals surface area contributed by atoms with Crippen molar-refractivity contribution >= 4 is 5.91 Å². The predicted molar refractivity (Wildman–Crippen MR) is 116 cm³/mol. The maximum Gasteiger partial charge on any atom is 0.251 e. The molecule has 5 rings (SSSR count). The van der Waals surface area contributed by atoms with Crippen LogP contribution in [0, 0.1) is 5.92 Å². The molecule has 0 bridgehead atoms. The first-order valence-corrected chi connectivity index (χ1v) is 10.9. The molecule has 1 amide bonds. The molecule has 2 heterocycles. The molecule has 1 aliphatic carbocycles. The topological polar surface area (TPSA) is 67.2 Å². The van der Waals surface area contributed by atoms with E-state index in [9.17, 15) is 9.90 Å². The van der Waals surface area contributed by atoms with Crippen molar-refractivity contribution in [2.24, 2.45) is 5.92 Å². The molecule has 0 radical (unpaired) electrons. The van der Waals surface area contributed by atoms with Gasteiger partial charge in [0, 0.05) is 17.2 Å². The van der Waals surface area contributed by atoms with E-state index >= 15 is 0 Å². The number of carbonyl (C=O) groups excluding carboxylic acids is 1. The molecular weight excluding hydrogens is 374 g/mol. The third-order valence-electron chi connectivity index (χ3n) is 6.75. The lowest BCUT2D eigenvalue weighted by atomic mass is 9.80. The van der Waals surface area contributed by atoms with Gasteiger partial charge in [-0.25, -0.2) is 4.98 Å². The normalized spacial score (nSPS) is 23.4. The van der Waals surface area contributed by atoms with E-state index in [1.165, 1.54) is 11.1 Å². The highest BCUT2D eigenvalue weighted by atomic mass is 16.3. The summed E-state index contributed by atoms with van der Waals surface area (Å²) in [6, 6.07) is 18.1. The Hall–Kier alpha value is -2.92. The molecular formula is C25H27N3O2. The second-order valence-electron chi connectivity index (χ2n) is 8.54. The number of benzene rings is 2. The molecule has 1 aromatic heterocycles. The standard InChI is InChI=1S/C25H27N3O2/c29-24(14-22-20-8-4-5-9-21(20)23-15-26-16-28(22)23)17-10-12-19(13-11-17)27-25(30)18-6-2-1-3-7-18/h1-9,15-17,19,22,24,29H,10-14H2,(H,27,30). The lowest BCUT2D eigenvalue weighted by Crippen LogP contribution is -2.39. The van der Waals surface area contributed by atoms with E-state index in [2.05, 4.69) is 39.1 Å². The Morgan fingerprint density at radius 3 is 2.60 bits per heavy atom. The number of fused-ring (bicyclic) bond motifs is 3. The van der Waals surface area contributed by atoms with Crippen LogP contribution in [-0.4, -0.2) is 32.7 Å². The van der Waals surface area contributed by atoms with Gasteiger partial charge in [-0.1, -0.05) is 42.5 Å². The predicted octanol–water partition coefficient (Wildman–Crippen LogP) is 4.19. The van der Waals surface area contributed by atoms with Crippen molar-refractivity contribution < 1.29 is 9.90 Å². The van der Waals surface area contributed by atoms with Gasteiger partial charge in [-0.2, -0.15) is 0 Å². The van der Waals surface area contributed by atoms with Crippen LogP contribution in [0.5, 0.6) is 0 Å². The van der Waals surface area contributed by atoms with Gasteiger partial charge in [-0.3, -0.25) is 4.79 Å². The van der Waals surface area contributed by atoms with Crippen LogP contribution in [0.3, 0.4) is 0 Å². The number of imidazole rings is 1. The number of hydrogen-bond acceptors (Lipinski definition) is 3. The van der Waals surface area contributed by atoms with Gasteiger partial charge >= 0.3 is 0 Å². The number of aliphatic hydroxyl groups is 1. The number of rotatable bonds is 5. The van der Waals surface area contributed by atoms with Crippen LogP contribution in [0.25, 0.3) is 11.3 Å². The Kier molecular flexibility index (Phi) is 5.13. The van der Waals surface area contributed by atoms with Gasteiger partial charge in [0.05, 0.1) is 30.4 Å². The van der Waals surface area contributed by atoms with Crippen molar-refractivity contribution in [1.29, 1.82) is 0 Å². The van der Waals surface area contributed by atoms with E-state index in [1.807, 2.05) is 42.9 Å². The van der Waals surface area contributed by atoms with Crippen LogP contribution in [0.4, 0.5) is 0 Å². The number of aromatic nitrogens is 2. The van der Waals surface area contributed by atoms with Gasteiger partial charge in [0.1, 0.15) is 0 Å². The molecule has 5 nitrogen and oxygen atoms in total. The van der Waals surface area contributed by atoms with Crippen molar-refractivity contribution in [2.75, 3.05) is 0 Å². The smallest absolute Gasteiger partial charge is 0.251 e. The number of nitrogens with one attached hydrogen (secondary N) is 1. The second-order valence-corrected chi connectivity index (χ2v) is 8.54. The molecule has 0 spiro atoms. The SMILES string of the molecule is O=C(NC1CCC(C(O)CC2c3ccccc3-c3cncn32)CC1)c1ccccc1. The number of amides is 1. The molecule has 5 heteroatoms. The fraction of sp³-hybridized carbons (Fsp3) is 0.360. The minimum Gasteiger partial charge on any atom is -0.393 e. The van der Waals surface area contributed by atoms with Crippen molar-refractivity contribution in [1.82, 2.24) is 14.9 Å². The third-order valence-corrected chi connectivity index (χ3v) is 6.75. The Bertz CT molecular complexity index is 1020. The Morgan fingerprint density at radius 1 is 1.07 bits per heavy atom. The summed E-state index contributed by atoms with van der Waals surface area (Å²) in [5.41, 5.74) is 4.34. The summed E-state index contributed by atoms with van der Waals surface area (Å²) in [5, 5.41) is 14.2. The summed E-state index contributed by atoms with van der Waals surface area (Å²) in [6.45, 7) is 0. The number of nitrogens with zero attached hydrogens (tertiary/aromatic N) is 2. The van der Waals surface area contributed by atoms with Crippen LogP contribution in [0.15, 0.2) is 67.1 Å². The zero-order valence-electron chi connectivity index (χ0n) is 16.9. The van der Waals surface area contributed by atoms with E-state index < -0.39 is 0 Å². The van der Waals surface area contributed by atoms with E-state index in [0.717, 1.165) is 31.4 Å². The Morgan fingerprint density at radius 2 is 1.80 bits per heavy atom. The minimum absolute atomic E-state index is 0.00482. The van der Waals surface area contributed by atoms with E-state index in [0.29, 0.717) is 12.0 Å². The van der Waals surface area contributed by atoms with Gasteiger partial charge in [0.15, 0.2) is 0 Å². The van der Waals surface area contributed by atoms with Crippen molar-refractivity contribution in [2.45, 2.75) is 50.3 Å². The van der Waals surface area contributed by atoms with Crippen LogP contribution >= 0.6 is 0 Å². The molecule has 30 heavy (non-hydrogen) atoms. The van der Waals surface area contributed by atoms with Crippen LogP contribution in [0.1, 0.15) is 54.1 Å². The first-order valence-electron chi connectivity index (χ1n) is 10.9. The van der Waals surface area contributed by atoms with Crippen LogP contribution in [0.2, 0.25) is 0 Å². The van der Waals surface area contributed by atoms with Crippen molar-refractivity contribution in [3.8, 4) is 11.3 Å². The molecule has 2 atom stereocenters. The van der Waals surface area contributed by atoms with Crippen molar-refractivity contribution in [3.63, 3.8) is 0 Å². The first-order chi connectivity index (χ1) is 14.7. The lowest BCUT2D eigenvalue weighted by Gasteiger charge is -2.33. The molecule has 154 valence electrons. The Balaban J connectivity index is 1.19. The van der Waals surface area contributed by atoms with Gasteiger partial charge in [0.2, 0.25) is 0 Å². The summed E-state index contributed by atoms with van der Waals surface area (Å²) in [4.78, 5) is 16.7. The summed E-state index contributed by atoms with van der Waals surface area (Å²) in [6.07, 6.45) is 7.83. The molecule has 1 fully saturated rings. The van der Waals surface area contributed by atoms with Crippen molar-refractivity contribution in [3.05, 3.63) is 78.2 Å². The van der Waals surface area contributed by atoms with Crippen LogP contribution < -0.4 is 5.32 Å².